The molecule has 0 amide bonds. The molecule has 0 saturated carbocycles. The lowest BCUT2D eigenvalue weighted by Gasteiger charge is -2.19. The van der Waals surface area contributed by atoms with Gasteiger partial charge in [-0.25, -0.2) is 0 Å². The summed E-state index contributed by atoms with van der Waals surface area (Å²) in [6.07, 6.45) is 11.2. The predicted molar refractivity (Wildman–Crippen MR) is 104 cm³/mol. The number of aliphatic hydroxyl groups excluding tert-OH is 2. The number of hydrogen-bond donors (Lipinski definition) is 2. The van der Waals surface area contributed by atoms with E-state index < -0.39 is 17.8 Å². The summed E-state index contributed by atoms with van der Waals surface area (Å²) in [5.41, 5.74) is 3.44. The molecule has 1 heterocycles. The number of fused-ring (bicyclic) bond motifs is 1. The van der Waals surface area contributed by atoms with Gasteiger partial charge in [-0.05, 0) is 65.0 Å². The lowest BCUT2D eigenvalue weighted by Crippen LogP contribution is -2.37. The van der Waals surface area contributed by atoms with Gasteiger partial charge in [0.2, 0.25) is 0 Å². The zero-order chi connectivity index (χ0) is 19.3. The van der Waals surface area contributed by atoms with Gasteiger partial charge in [-0.15, -0.1) is 0 Å². The number of hydrogen-bond acceptors (Lipinski definition) is 4. The summed E-state index contributed by atoms with van der Waals surface area (Å²) in [5, 5.41) is 19.3. The Morgan fingerprint density at radius 2 is 1.73 bits per heavy atom. The smallest absolute Gasteiger partial charge is 0.190 e. The maximum Gasteiger partial charge on any atom is 0.190 e. The van der Waals surface area contributed by atoms with Gasteiger partial charge < -0.3 is 14.9 Å². The summed E-state index contributed by atoms with van der Waals surface area (Å²) in [5.74, 6) is -0.143. The average Bonchev–Trinajstić information content (AvgIpc) is 3.33. The molecule has 2 rings (SSSR count). The Kier molecular flexibility index (Phi) is 7.16. The van der Waals surface area contributed by atoms with Gasteiger partial charge in [0.1, 0.15) is 12.2 Å². The van der Waals surface area contributed by atoms with Gasteiger partial charge in [-0.3, -0.25) is 4.79 Å². The lowest BCUT2D eigenvalue weighted by atomic mass is 9.84. The van der Waals surface area contributed by atoms with Gasteiger partial charge in [0.25, 0.3) is 0 Å². The summed E-state index contributed by atoms with van der Waals surface area (Å²) in [4.78, 5) is 12.3. The molecule has 1 aliphatic carbocycles. The molecule has 2 aliphatic rings. The number of aliphatic hydroxyl groups is 2. The first kappa shape index (κ1) is 20.8. The first-order valence-electron chi connectivity index (χ1n) is 9.46. The van der Waals surface area contributed by atoms with Crippen LogP contribution in [0.5, 0.6) is 0 Å². The second-order valence-electron chi connectivity index (χ2n) is 7.78. The zero-order valence-electron chi connectivity index (χ0n) is 16.4. The molecule has 0 aromatic heterocycles. The topological polar surface area (TPSA) is 70.1 Å². The van der Waals surface area contributed by atoms with E-state index in [1.165, 1.54) is 22.8 Å². The van der Waals surface area contributed by atoms with E-state index >= 15 is 0 Å². The molecule has 1 fully saturated rings. The van der Waals surface area contributed by atoms with Crippen LogP contribution < -0.4 is 0 Å². The SMILES string of the molecule is CC(C)=CCC/C(C)=C/CC/C(C)=C/C[C@]12O[C@H]1[C@H](O)C(CO)=CC2=O. The maximum atomic E-state index is 12.3. The molecule has 1 aliphatic heterocycles. The highest BCUT2D eigenvalue weighted by Gasteiger charge is 2.66. The van der Waals surface area contributed by atoms with Crippen molar-refractivity contribution in [1.29, 1.82) is 0 Å². The Bertz CT molecular complexity index is 649. The number of allylic oxidation sites excluding steroid dienone is 5. The summed E-state index contributed by atoms with van der Waals surface area (Å²) >= 11 is 0. The third-order valence-corrected chi connectivity index (χ3v) is 5.20. The number of epoxide rings is 1. The van der Waals surface area contributed by atoms with Crippen LogP contribution in [0.25, 0.3) is 0 Å². The predicted octanol–water partition coefficient (Wildman–Crippen LogP) is 3.80. The van der Waals surface area contributed by atoms with E-state index in [9.17, 15) is 15.0 Å². The largest absolute Gasteiger partial charge is 0.392 e. The number of carbonyl (C=O) groups is 1. The molecule has 0 spiro atoms. The van der Waals surface area contributed by atoms with Crippen molar-refractivity contribution in [2.45, 2.75) is 77.6 Å². The highest BCUT2D eigenvalue weighted by Crippen LogP contribution is 2.48. The van der Waals surface area contributed by atoms with E-state index in [4.69, 9.17) is 4.74 Å². The van der Waals surface area contributed by atoms with Crippen molar-refractivity contribution in [3.05, 3.63) is 46.6 Å². The van der Waals surface area contributed by atoms with Gasteiger partial charge in [0.05, 0.1) is 6.61 Å². The third kappa shape index (κ3) is 5.03. The van der Waals surface area contributed by atoms with Crippen molar-refractivity contribution < 1.29 is 19.7 Å². The third-order valence-electron chi connectivity index (χ3n) is 5.20. The van der Waals surface area contributed by atoms with Crippen LogP contribution in [0.4, 0.5) is 0 Å². The fraction of sp³-hybridized carbons (Fsp3) is 0.591. The summed E-state index contributed by atoms with van der Waals surface area (Å²) in [7, 11) is 0. The molecule has 0 aromatic rings. The summed E-state index contributed by atoms with van der Waals surface area (Å²) < 4.78 is 5.55. The maximum absolute atomic E-state index is 12.3. The van der Waals surface area contributed by atoms with Crippen molar-refractivity contribution in [3.63, 3.8) is 0 Å². The highest BCUT2D eigenvalue weighted by atomic mass is 16.6. The van der Waals surface area contributed by atoms with Crippen LogP contribution in [0.3, 0.4) is 0 Å². The van der Waals surface area contributed by atoms with E-state index in [1.54, 1.807) is 0 Å². The molecule has 0 radical (unpaired) electrons. The Hall–Kier alpha value is -1.49. The number of ether oxygens (including phenoxy) is 1. The number of carbonyl (C=O) groups excluding carboxylic acids is 1. The highest BCUT2D eigenvalue weighted by molar-refractivity contribution is 6.02. The first-order valence-corrected chi connectivity index (χ1v) is 9.46. The van der Waals surface area contributed by atoms with E-state index in [0.29, 0.717) is 12.0 Å². The van der Waals surface area contributed by atoms with Crippen LogP contribution in [-0.2, 0) is 9.53 Å². The van der Waals surface area contributed by atoms with Gasteiger partial charge in [0.15, 0.2) is 11.4 Å². The van der Waals surface area contributed by atoms with E-state index in [0.717, 1.165) is 25.7 Å². The molecule has 144 valence electrons. The molecule has 2 N–H and O–H groups in total. The first-order chi connectivity index (χ1) is 12.3. The van der Waals surface area contributed by atoms with Crippen molar-refractivity contribution in [2.75, 3.05) is 6.61 Å². The fourth-order valence-corrected chi connectivity index (χ4v) is 3.35. The second-order valence-corrected chi connectivity index (χ2v) is 7.78. The molecule has 3 atom stereocenters. The van der Waals surface area contributed by atoms with Crippen molar-refractivity contribution in [3.8, 4) is 0 Å². The molecule has 0 aromatic carbocycles. The van der Waals surface area contributed by atoms with Crippen molar-refractivity contribution in [1.82, 2.24) is 0 Å². The Morgan fingerprint density at radius 1 is 1.12 bits per heavy atom. The molecule has 4 heteroatoms. The van der Waals surface area contributed by atoms with Crippen molar-refractivity contribution >= 4 is 5.78 Å². The van der Waals surface area contributed by atoms with Gasteiger partial charge in [0, 0.05) is 6.42 Å². The van der Waals surface area contributed by atoms with Crippen LogP contribution in [0.1, 0.15) is 59.8 Å². The van der Waals surface area contributed by atoms with E-state index in [2.05, 4.69) is 45.9 Å². The Balaban J connectivity index is 1.82. The van der Waals surface area contributed by atoms with Gasteiger partial charge >= 0.3 is 0 Å². The molecule has 0 bridgehead atoms. The summed E-state index contributed by atoms with van der Waals surface area (Å²) in [6.45, 7) is 8.18. The second kappa shape index (κ2) is 8.94. The fourth-order valence-electron chi connectivity index (χ4n) is 3.35. The minimum Gasteiger partial charge on any atom is -0.392 e. The normalized spacial score (nSPS) is 28.5. The van der Waals surface area contributed by atoms with Crippen LogP contribution in [0, 0.1) is 0 Å². The summed E-state index contributed by atoms with van der Waals surface area (Å²) in [6, 6.07) is 0. The van der Waals surface area contributed by atoms with Gasteiger partial charge in [-0.2, -0.15) is 0 Å². The zero-order valence-corrected chi connectivity index (χ0v) is 16.4. The monoisotopic (exact) mass is 360 g/mol. The molecule has 26 heavy (non-hydrogen) atoms. The van der Waals surface area contributed by atoms with Crippen LogP contribution in [0.15, 0.2) is 46.6 Å². The van der Waals surface area contributed by atoms with E-state index in [1.807, 2.05) is 0 Å². The van der Waals surface area contributed by atoms with E-state index in [-0.39, 0.29) is 12.4 Å². The van der Waals surface area contributed by atoms with Crippen LogP contribution >= 0.6 is 0 Å². The molecule has 1 saturated heterocycles. The number of ketones is 1. The minimum absolute atomic E-state index is 0.143. The minimum atomic E-state index is -0.907. The Labute approximate surface area is 156 Å². The molecule has 0 unspecified atom stereocenters. The average molecular weight is 360 g/mol. The van der Waals surface area contributed by atoms with Crippen LogP contribution in [-0.4, -0.2) is 40.4 Å². The van der Waals surface area contributed by atoms with Crippen molar-refractivity contribution in [2.24, 2.45) is 0 Å². The standard InChI is InChI=1S/C22H32O4/c1-15(2)7-5-8-16(3)9-6-10-17(4)11-12-22-19(24)13-18(14-23)20(25)21(22)26-22/h7,9,11,13,20-21,23,25H,5-6,8,10,12,14H2,1-4H3/b16-9+,17-11+/t20-,21+,22-/m1/s1. The molecular weight excluding hydrogens is 328 g/mol. The molecular formula is C22H32O4. The van der Waals surface area contributed by atoms with Gasteiger partial charge in [-0.1, -0.05) is 34.9 Å². The lowest BCUT2D eigenvalue weighted by molar-refractivity contribution is -0.119. The molecule has 4 nitrogen and oxygen atoms in total. The quantitative estimate of drug-likeness (QED) is 0.485. The van der Waals surface area contributed by atoms with Crippen LogP contribution in [0.2, 0.25) is 0 Å². The Morgan fingerprint density at radius 3 is 2.35 bits per heavy atom. The number of rotatable bonds is 9.